The summed E-state index contributed by atoms with van der Waals surface area (Å²) in [5, 5.41) is 2.47. The number of likely N-dealkylation sites (N-methyl/N-ethyl adjacent to an activating group) is 1. The quantitative estimate of drug-likeness (QED) is 0.473. The van der Waals surface area contributed by atoms with Crippen LogP contribution in [0.4, 0.5) is 4.39 Å². The van der Waals surface area contributed by atoms with Crippen molar-refractivity contribution in [2.45, 2.75) is 19.6 Å². The zero-order chi connectivity index (χ0) is 21.9. The van der Waals surface area contributed by atoms with Crippen LogP contribution < -0.4 is 10.9 Å². The molecule has 1 amide bonds. The summed E-state index contributed by atoms with van der Waals surface area (Å²) in [5.41, 5.74) is 3.23. The fraction of sp³-hybridized carbons (Fsp3) is 0.217. The van der Waals surface area contributed by atoms with Gasteiger partial charge in [0.25, 0.3) is 11.5 Å². The smallest absolute Gasteiger partial charge is 0.270 e. The number of carbonyl (C=O) groups is 1. The maximum Gasteiger partial charge on any atom is 0.270 e. The highest BCUT2D eigenvalue weighted by atomic mass is 31.0. The number of aryl methyl sites for hydroxylation is 1. The number of H-pyrrole nitrogens is 2. The van der Waals surface area contributed by atoms with E-state index in [9.17, 15) is 14.0 Å². The first-order chi connectivity index (χ1) is 14.8. The Bertz CT molecular complexity index is 1430. The molecule has 0 spiro atoms. The first-order valence-corrected chi connectivity index (χ1v) is 10.5. The monoisotopic (exact) mass is 437 g/mol. The van der Waals surface area contributed by atoms with Gasteiger partial charge in [0.1, 0.15) is 11.5 Å². The number of amides is 1. The molecule has 158 valence electrons. The second kappa shape index (κ2) is 7.29. The van der Waals surface area contributed by atoms with Gasteiger partial charge >= 0.3 is 0 Å². The number of carbonyl (C=O) groups excluding carboxylic acids is 1. The van der Waals surface area contributed by atoms with Gasteiger partial charge in [-0.2, -0.15) is 0 Å². The SMILES string of the molecule is Cc1ccc2c3c([nH]c(=O)c2c1)COCC3N(C)C(=O)c1cc2c(F)cc(P)cc2[nH]1. The molecule has 2 aromatic carbocycles. The number of hydrogen-bond donors (Lipinski definition) is 2. The van der Waals surface area contributed by atoms with E-state index >= 15 is 0 Å². The molecule has 1 aliphatic rings. The van der Waals surface area contributed by atoms with Crippen molar-refractivity contribution in [3.63, 3.8) is 0 Å². The van der Waals surface area contributed by atoms with Crippen LogP contribution in [0, 0.1) is 12.7 Å². The lowest BCUT2D eigenvalue weighted by molar-refractivity contribution is 0.0333. The van der Waals surface area contributed by atoms with Gasteiger partial charge in [0.2, 0.25) is 0 Å². The Morgan fingerprint density at radius 2 is 1.97 bits per heavy atom. The van der Waals surface area contributed by atoms with Crippen molar-refractivity contribution in [3.8, 4) is 0 Å². The van der Waals surface area contributed by atoms with Gasteiger partial charge in [-0.25, -0.2) is 4.39 Å². The van der Waals surface area contributed by atoms with Gasteiger partial charge in [0.15, 0.2) is 0 Å². The summed E-state index contributed by atoms with van der Waals surface area (Å²) in [6, 6.07) is 10.1. The normalized spacial score (nSPS) is 15.9. The average Bonchev–Trinajstić information content (AvgIpc) is 3.17. The van der Waals surface area contributed by atoms with E-state index in [2.05, 4.69) is 19.2 Å². The molecular weight excluding hydrogens is 416 g/mol. The molecule has 0 saturated carbocycles. The van der Waals surface area contributed by atoms with E-state index in [1.165, 1.54) is 12.1 Å². The molecular formula is C23H21FN3O3P. The van der Waals surface area contributed by atoms with Crippen molar-refractivity contribution in [3.05, 3.63) is 75.1 Å². The number of nitrogens with one attached hydrogen (secondary N) is 2. The molecule has 0 saturated heterocycles. The molecule has 2 unspecified atom stereocenters. The number of aromatic amines is 2. The second-order valence-electron chi connectivity index (χ2n) is 7.99. The van der Waals surface area contributed by atoms with Crippen LogP contribution in [-0.2, 0) is 11.3 Å². The second-order valence-corrected chi connectivity index (χ2v) is 8.66. The number of halogens is 1. The number of aromatic nitrogens is 2. The van der Waals surface area contributed by atoms with E-state index in [-0.39, 0.29) is 23.9 Å². The molecule has 4 aromatic rings. The van der Waals surface area contributed by atoms with Gasteiger partial charge in [0.05, 0.1) is 19.3 Å². The highest BCUT2D eigenvalue weighted by Gasteiger charge is 2.31. The summed E-state index contributed by atoms with van der Waals surface area (Å²) in [6.45, 7) is 2.51. The zero-order valence-electron chi connectivity index (χ0n) is 17.1. The molecule has 0 aliphatic carbocycles. The van der Waals surface area contributed by atoms with Crippen LogP contribution >= 0.6 is 9.24 Å². The Balaban J connectivity index is 1.60. The van der Waals surface area contributed by atoms with Gasteiger partial charge in [-0.1, -0.05) is 17.7 Å². The van der Waals surface area contributed by atoms with E-state index in [1.54, 1.807) is 18.0 Å². The zero-order valence-corrected chi connectivity index (χ0v) is 18.2. The van der Waals surface area contributed by atoms with Crippen LogP contribution in [0.25, 0.3) is 21.7 Å². The molecule has 0 radical (unpaired) electrons. The Morgan fingerprint density at radius 1 is 1.16 bits per heavy atom. The maximum atomic E-state index is 14.3. The van der Waals surface area contributed by atoms with Crippen LogP contribution in [-0.4, -0.2) is 34.4 Å². The Hall–Kier alpha value is -3.02. The van der Waals surface area contributed by atoms with Gasteiger partial charge in [-0.15, -0.1) is 9.24 Å². The Morgan fingerprint density at radius 3 is 2.77 bits per heavy atom. The molecule has 1 aliphatic heterocycles. The number of fused-ring (bicyclic) bond motifs is 4. The molecule has 3 heterocycles. The van der Waals surface area contributed by atoms with Gasteiger partial charge in [0, 0.05) is 34.6 Å². The first kappa shape index (κ1) is 19.9. The molecule has 8 heteroatoms. The van der Waals surface area contributed by atoms with Gasteiger partial charge in [-0.05, 0) is 41.9 Å². The third-order valence-corrected chi connectivity index (χ3v) is 6.22. The molecule has 5 rings (SSSR count). The minimum absolute atomic E-state index is 0.171. The summed E-state index contributed by atoms with van der Waals surface area (Å²) < 4.78 is 20.0. The fourth-order valence-electron chi connectivity index (χ4n) is 4.33. The number of hydrogen-bond acceptors (Lipinski definition) is 3. The van der Waals surface area contributed by atoms with Crippen LogP contribution in [0.5, 0.6) is 0 Å². The van der Waals surface area contributed by atoms with E-state index in [0.717, 1.165) is 16.5 Å². The van der Waals surface area contributed by atoms with Gasteiger partial charge in [-0.3, -0.25) is 9.59 Å². The molecule has 2 atom stereocenters. The first-order valence-electron chi connectivity index (χ1n) is 9.91. The topological polar surface area (TPSA) is 78.2 Å². The highest BCUT2D eigenvalue weighted by Crippen LogP contribution is 2.34. The molecule has 2 aromatic heterocycles. The minimum Gasteiger partial charge on any atom is -0.373 e. The molecule has 2 N–H and O–H groups in total. The van der Waals surface area contributed by atoms with E-state index in [4.69, 9.17) is 4.74 Å². The average molecular weight is 437 g/mol. The summed E-state index contributed by atoms with van der Waals surface area (Å²) >= 11 is 0. The van der Waals surface area contributed by atoms with E-state index < -0.39 is 6.04 Å². The van der Waals surface area contributed by atoms with Crippen LogP contribution in [0.3, 0.4) is 0 Å². The number of benzene rings is 2. The number of pyridine rings is 1. The molecule has 0 fully saturated rings. The minimum atomic E-state index is -0.396. The van der Waals surface area contributed by atoms with E-state index in [0.29, 0.717) is 39.6 Å². The summed E-state index contributed by atoms with van der Waals surface area (Å²) in [4.78, 5) is 33.4. The Kier molecular flexibility index (Phi) is 4.68. The van der Waals surface area contributed by atoms with Crippen molar-refractivity contribution < 1.29 is 13.9 Å². The standard InChI is InChI=1S/C23H21FN3O3P/c1-11-3-4-13-14(5-11)22(28)26-19-9-30-10-20(21(13)19)27(2)23(29)18-8-15-16(24)6-12(31)7-17(15)25-18/h3-8,20,25H,9-10,31H2,1-2H3,(H,26,28). The number of ether oxygens (including phenoxy) is 1. The van der Waals surface area contributed by atoms with E-state index in [1.807, 2.05) is 25.1 Å². The van der Waals surface area contributed by atoms with Crippen molar-refractivity contribution in [1.82, 2.24) is 14.9 Å². The third kappa shape index (κ3) is 3.25. The van der Waals surface area contributed by atoms with Crippen molar-refractivity contribution >= 4 is 42.1 Å². The lowest BCUT2D eigenvalue weighted by Gasteiger charge is -2.33. The predicted octanol–water partition coefficient (Wildman–Crippen LogP) is 3.30. The maximum absolute atomic E-state index is 14.3. The van der Waals surface area contributed by atoms with Gasteiger partial charge < -0.3 is 19.6 Å². The number of rotatable bonds is 2. The van der Waals surface area contributed by atoms with Crippen LogP contribution in [0.1, 0.15) is 33.4 Å². The van der Waals surface area contributed by atoms with Crippen molar-refractivity contribution in [1.29, 1.82) is 0 Å². The summed E-state index contributed by atoms with van der Waals surface area (Å²) in [6.07, 6.45) is 0. The highest BCUT2D eigenvalue weighted by molar-refractivity contribution is 7.27. The van der Waals surface area contributed by atoms with Crippen molar-refractivity contribution in [2.24, 2.45) is 0 Å². The lowest BCUT2D eigenvalue weighted by Crippen LogP contribution is -2.37. The predicted molar refractivity (Wildman–Crippen MR) is 121 cm³/mol. The fourth-order valence-corrected chi connectivity index (χ4v) is 4.65. The summed E-state index contributed by atoms with van der Waals surface area (Å²) in [7, 11) is 4.15. The molecule has 0 bridgehead atoms. The van der Waals surface area contributed by atoms with Crippen LogP contribution in [0.15, 0.2) is 41.2 Å². The summed E-state index contributed by atoms with van der Waals surface area (Å²) in [5.74, 6) is -0.667. The number of nitrogens with zero attached hydrogens (tertiary/aromatic N) is 1. The molecule has 6 nitrogen and oxygen atoms in total. The largest absolute Gasteiger partial charge is 0.373 e. The third-order valence-electron chi connectivity index (χ3n) is 5.88. The molecule has 31 heavy (non-hydrogen) atoms. The van der Waals surface area contributed by atoms with Crippen LogP contribution in [0.2, 0.25) is 0 Å². The lowest BCUT2D eigenvalue weighted by atomic mass is 9.94. The van der Waals surface area contributed by atoms with Crippen molar-refractivity contribution in [2.75, 3.05) is 13.7 Å². The Labute approximate surface area is 179 Å².